The molecule has 0 saturated carbocycles. The topological polar surface area (TPSA) is 96.5 Å². The standard InChI is InChI=1S/C25H14ClF3N4O3/c26-17-7-9-19(10-8-17)36-23-20(24(35)33-11-2-1-6-21(33)32-23)12-15(14-30)22(34)31-18-5-3-4-16(13-18)25(27,28)29/h1-13H,(H,31,34)/b15-12-. The van der Waals surface area contributed by atoms with Crippen molar-refractivity contribution in [2.75, 3.05) is 5.32 Å². The number of nitrogens with zero attached hydrogens (tertiary/aromatic N) is 3. The lowest BCUT2D eigenvalue weighted by atomic mass is 10.1. The van der Waals surface area contributed by atoms with Crippen molar-refractivity contribution < 1.29 is 22.7 Å². The number of carbonyl (C=O) groups excluding carboxylic acids is 1. The molecule has 7 nitrogen and oxygen atoms in total. The fourth-order valence-corrected chi connectivity index (χ4v) is 3.29. The van der Waals surface area contributed by atoms with E-state index in [1.807, 2.05) is 0 Å². The minimum atomic E-state index is -4.62. The molecule has 0 fully saturated rings. The first kappa shape index (κ1) is 24.5. The molecule has 0 saturated heterocycles. The molecule has 0 spiro atoms. The molecule has 2 heterocycles. The van der Waals surface area contributed by atoms with E-state index in [9.17, 15) is 28.0 Å². The molecule has 4 rings (SSSR count). The zero-order valence-corrected chi connectivity index (χ0v) is 18.8. The Bertz CT molecular complexity index is 1590. The van der Waals surface area contributed by atoms with Gasteiger partial charge in [0.2, 0.25) is 5.88 Å². The summed E-state index contributed by atoms with van der Waals surface area (Å²) in [4.78, 5) is 30.2. The highest BCUT2D eigenvalue weighted by Gasteiger charge is 2.30. The Balaban J connectivity index is 1.76. The van der Waals surface area contributed by atoms with Crippen molar-refractivity contribution in [2.45, 2.75) is 6.18 Å². The average Bonchev–Trinajstić information content (AvgIpc) is 2.85. The molecule has 36 heavy (non-hydrogen) atoms. The minimum absolute atomic E-state index is 0.179. The second-order valence-electron chi connectivity index (χ2n) is 7.32. The van der Waals surface area contributed by atoms with Gasteiger partial charge in [-0.25, -0.2) is 0 Å². The first-order valence-electron chi connectivity index (χ1n) is 10.2. The van der Waals surface area contributed by atoms with Crippen molar-refractivity contribution in [3.63, 3.8) is 0 Å². The summed E-state index contributed by atoms with van der Waals surface area (Å²) in [5.74, 6) is -0.923. The Labute approximate surface area is 206 Å². The van der Waals surface area contributed by atoms with Crippen LogP contribution in [0, 0.1) is 11.3 Å². The van der Waals surface area contributed by atoms with Crippen LogP contribution in [0.15, 0.2) is 83.3 Å². The number of hydrogen-bond acceptors (Lipinski definition) is 5. The third-order valence-corrected chi connectivity index (χ3v) is 5.12. The van der Waals surface area contributed by atoms with Gasteiger partial charge in [-0.2, -0.15) is 23.4 Å². The summed E-state index contributed by atoms with van der Waals surface area (Å²) >= 11 is 5.90. The van der Waals surface area contributed by atoms with Gasteiger partial charge >= 0.3 is 6.18 Å². The fraction of sp³-hybridized carbons (Fsp3) is 0.0400. The van der Waals surface area contributed by atoms with Crippen molar-refractivity contribution >= 4 is 34.9 Å². The van der Waals surface area contributed by atoms with Gasteiger partial charge in [0.05, 0.1) is 5.56 Å². The van der Waals surface area contributed by atoms with E-state index in [-0.39, 0.29) is 28.5 Å². The number of halogens is 4. The summed E-state index contributed by atoms with van der Waals surface area (Å²) in [7, 11) is 0. The number of fused-ring (bicyclic) bond motifs is 1. The van der Waals surface area contributed by atoms with Gasteiger partial charge in [0.25, 0.3) is 11.5 Å². The highest BCUT2D eigenvalue weighted by Crippen LogP contribution is 2.31. The predicted octanol–water partition coefficient (Wildman–Crippen LogP) is 5.70. The lowest BCUT2D eigenvalue weighted by Crippen LogP contribution is -2.20. The monoisotopic (exact) mass is 510 g/mol. The summed E-state index contributed by atoms with van der Waals surface area (Å²) in [6.45, 7) is 0. The minimum Gasteiger partial charge on any atom is -0.438 e. The lowest BCUT2D eigenvalue weighted by molar-refractivity contribution is -0.137. The molecule has 0 radical (unpaired) electrons. The predicted molar refractivity (Wildman–Crippen MR) is 127 cm³/mol. The molecule has 0 aliphatic heterocycles. The van der Waals surface area contributed by atoms with Crippen molar-refractivity contribution in [2.24, 2.45) is 0 Å². The van der Waals surface area contributed by atoms with Crippen LogP contribution in [0.5, 0.6) is 11.6 Å². The smallest absolute Gasteiger partial charge is 0.416 e. The van der Waals surface area contributed by atoms with Crippen LogP contribution < -0.4 is 15.6 Å². The highest BCUT2D eigenvalue weighted by atomic mass is 35.5. The summed E-state index contributed by atoms with van der Waals surface area (Å²) < 4.78 is 45.9. The van der Waals surface area contributed by atoms with Gasteiger partial charge < -0.3 is 10.1 Å². The van der Waals surface area contributed by atoms with E-state index < -0.39 is 28.8 Å². The molecule has 2 aromatic heterocycles. The van der Waals surface area contributed by atoms with Gasteiger partial charge in [-0.15, -0.1) is 0 Å². The molecule has 4 aromatic rings. The number of ether oxygens (including phenoxy) is 1. The third kappa shape index (κ3) is 5.37. The first-order valence-corrected chi connectivity index (χ1v) is 10.6. The number of alkyl halides is 3. The highest BCUT2D eigenvalue weighted by molar-refractivity contribution is 6.30. The van der Waals surface area contributed by atoms with E-state index in [1.165, 1.54) is 28.8 Å². The molecule has 0 aliphatic rings. The Morgan fingerprint density at radius 2 is 1.86 bits per heavy atom. The molecule has 0 atom stereocenters. The van der Waals surface area contributed by atoms with E-state index in [0.29, 0.717) is 5.02 Å². The van der Waals surface area contributed by atoms with Gasteiger partial charge in [0.15, 0.2) is 0 Å². The van der Waals surface area contributed by atoms with Gasteiger partial charge in [-0.1, -0.05) is 23.7 Å². The maximum Gasteiger partial charge on any atom is 0.416 e. The maximum atomic E-state index is 13.2. The fourth-order valence-electron chi connectivity index (χ4n) is 3.16. The van der Waals surface area contributed by atoms with Crippen LogP contribution >= 0.6 is 11.6 Å². The molecule has 0 aliphatic carbocycles. The molecule has 2 aromatic carbocycles. The van der Waals surface area contributed by atoms with Gasteiger partial charge in [-0.3, -0.25) is 14.0 Å². The first-order chi connectivity index (χ1) is 17.2. The van der Waals surface area contributed by atoms with Crippen molar-refractivity contribution in [3.8, 4) is 17.7 Å². The van der Waals surface area contributed by atoms with E-state index in [4.69, 9.17) is 16.3 Å². The van der Waals surface area contributed by atoms with Crippen LogP contribution in [0.1, 0.15) is 11.1 Å². The van der Waals surface area contributed by atoms with E-state index >= 15 is 0 Å². The Morgan fingerprint density at radius 3 is 2.56 bits per heavy atom. The van der Waals surface area contributed by atoms with Crippen molar-refractivity contribution in [1.82, 2.24) is 9.38 Å². The van der Waals surface area contributed by atoms with Crippen LogP contribution in [0.25, 0.3) is 11.7 Å². The van der Waals surface area contributed by atoms with Crippen LogP contribution in [-0.4, -0.2) is 15.3 Å². The molecular weight excluding hydrogens is 497 g/mol. The maximum absolute atomic E-state index is 13.2. The van der Waals surface area contributed by atoms with Crippen LogP contribution in [0.4, 0.5) is 18.9 Å². The van der Waals surface area contributed by atoms with Crippen molar-refractivity contribution in [3.05, 3.63) is 105 Å². The van der Waals surface area contributed by atoms with Gasteiger partial charge in [0, 0.05) is 16.9 Å². The van der Waals surface area contributed by atoms with Gasteiger partial charge in [-0.05, 0) is 60.7 Å². The summed E-state index contributed by atoms with van der Waals surface area (Å²) in [6.07, 6.45) is -2.19. The number of benzene rings is 2. The number of nitriles is 1. The number of nitrogens with one attached hydrogen (secondary N) is 1. The van der Waals surface area contributed by atoms with Crippen molar-refractivity contribution in [1.29, 1.82) is 5.26 Å². The summed E-state index contributed by atoms with van der Waals surface area (Å²) in [5.41, 5.74) is -2.31. The molecule has 1 N–H and O–H groups in total. The summed E-state index contributed by atoms with van der Waals surface area (Å²) in [5, 5.41) is 12.3. The van der Waals surface area contributed by atoms with Crippen LogP contribution in [0.2, 0.25) is 5.02 Å². The number of amides is 1. The SMILES string of the molecule is N#C/C(=C/c1c(Oc2ccc(Cl)cc2)nc2ccccn2c1=O)C(=O)Nc1cccc(C(F)(F)F)c1. The molecule has 1 amide bonds. The Hall–Kier alpha value is -4.62. The van der Waals surface area contributed by atoms with Crippen LogP contribution in [-0.2, 0) is 11.0 Å². The molecular formula is C25H14ClF3N4O3. The lowest BCUT2D eigenvalue weighted by Gasteiger charge is -2.11. The quantitative estimate of drug-likeness (QED) is 0.274. The molecule has 0 unspecified atom stereocenters. The van der Waals surface area contributed by atoms with E-state index in [0.717, 1.165) is 24.3 Å². The molecule has 180 valence electrons. The Morgan fingerprint density at radius 1 is 1.11 bits per heavy atom. The number of hydrogen-bond donors (Lipinski definition) is 1. The largest absolute Gasteiger partial charge is 0.438 e. The number of rotatable bonds is 5. The number of pyridine rings is 1. The number of carbonyl (C=O) groups is 1. The second-order valence-corrected chi connectivity index (χ2v) is 7.76. The average molecular weight is 511 g/mol. The number of anilines is 1. The zero-order chi connectivity index (χ0) is 25.9. The number of aromatic nitrogens is 2. The molecule has 11 heteroatoms. The second kappa shape index (κ2) is 9.93. The molecule has 0 bridgehead atoms. The normalized spacial score (nSPS) is 11.7. The zero-order valence-electron chi connectivity index (χ0n) is 18.1. The van der Waals surface area contributed by atoms with Crippen LogP contribution in [0.3, 0.4) is 0 Å². The Kier molecular flexibility index (Phi) is 6.76. The summed E-state index contributed by atoms with van der Waals surface area (Å²) in [6, 6.07) is 16.6. The third-order valence-electron chi connectivity index (χ3n) is 4.86. The van der Waals surface area contributed by atoms with E-state index in [2.05, 4.69) is 10.3 Å². The van der Waals surface area contributed by atoms with E-state index in [1.54, 1.807) is 36.4 Å². The van der Waals surface area contributed by atoms with Gasteiger partial charge in [0.1, 0.15) is 28.6 Å².